The van der Waals surface area contributed by atoms with Crippen LogP contribution >= 0.6 is 15.9 Å². The van der Waals surface area contributed by atoms with Crippen molar-refractivity contribution in [3.05, 3.63) is 34.3 Å². The Balaban J connectivity index is 1.86. The van der Waals surface area contributed by atoms with Crippen molar-refractivity contribution in [3.63, 3.8) is 0 Å². The second-order valence-electron chi connectivity index (χ2n) is 7.50. The van der Waals surface area contributed by atoms with Crippen LogP contribution in [0, 0.1) is 16.2 Å². The molecule has 1 aromatic carbocycles. The van der Waals surface area contributed by atoms with Crippen molar-refractivity contribution < 1.29 is 14.4 Å². The number of nitrogens with two attached hydrogens (primary N) is 1. The quantitative estimate of drug-likeness (QED) is 0.629. The number of primary amides is 1. The first kappa shape index (κ1) is 17.1. The average Bonchev–Trinajstić information content (AvgIpc) is 2.83. The summed E-state index contributed by atoms with van der Waals surface area (Å²) in [7, 11) is 0. The zero-order chi connectivity index (χ0) is 17.8. The van der Waals surface area contributed by atoms with Gasteiger partial charge >= 0.3 is 5.97 Å². The molecular formula is C18H21BrN2O3. The normalized spacial score (nSPS) is 32.1. The highest BCUT2D eigenvalue weighted by molar-refractivity contribution is 9.10. The Labute approximate surface area is 149 Å². The summed E-state index contributed by atoms with van der Waals surface area (Å²) in [6.07, 6.45) is 2.03. The predicted molar refractivity (Wildman–Crippen MR) is 94.4 cm³/mol. The molecule has 128 valence electrons. The van der Waals surface area contributed by atoms with Crippen LogP contribution in [-0.2, 0) is 9.63 Å². The summed E-state index contributed by atoms with van der Waals surface area (Å²) in [5, 5.41) is 4.15. The zero-order valence-corrected chi connectivity index (χ0v) is 15.6. The maximum atomic E-state index is 12.2. The summed E-state index contributed by atoms with van der Waals surface area (Å²) in [6, 6.07) is 6.88. The highest BCUT2D eigenvalue weighted by Crippen LogP contribution is 2.70. The van der Waals surface area contributed by atoms with E-state index in [4.69, 9.17) is 10.6 Å². The van der Waals surface area contributed by atoms with Gasteiger partial charge in [0.1, 0.15) is 0 Å². The Morgan fingerprint density at radius 2 is 1.79 bits per heavy atom. The Kier molecular flexibility index (Phi) is 3.86. The Morgan fingerprint density at radius 1 is 1.17 bits per heavy atom. The molecule has 0 aliphatic heterocycles. The lowest BCUT2D eigenvalue weighted by molar-refractivity contribution is -0.132. The van der Waals surface area contributed by atoms with E-state index in [0.29, 0.717) is 12.0 Å². The summed E-state index contributed by atoms with van der Waals surface area (Å²) < 4.78 is 0.885. The van der Waals surface area contributed by atoms with E-state index in [0.717, 1.165) is 23.0 Å². The van der Waals surface area contributed by atoms with Gasteiger partial charge in [0, 0.05) is 16.3 Å². The van der Waals surface area contributed by atoms with E-state index < -0.39 is 11.4 Å². The molecule has 0 heterocycles. The molecule has 24 heavy (non-hydrogen) atoms. The third-order valence-electron chi connectivity index (χ3n) is 6.52. The van der Waals surface area contributed by atoms with Gasteiger partial charge in [0.25, 0.3) is 0 Å². The SMILES string of the molecule is CC12CCC(C(N)=O)(C/C1=N/OC(=O)c1ccc(Br)cc1)C2(C)C. The highest BCUT2D eigenvalue weighted by atomic mass is 79.9. The molecule has 1 aromatic rings. The van der Waals surface area contributed by atoms with Crippen LogP contribution in [-0.4, -0.2) is 17.6 Å². The summed E-state index contributed by atoms with van der Waals surface area (Å²) >= 11 is 3.33. The number of hydrogen-bond donors (Lipinski definition) is 1. The third-order valence-corrected chi connectivity index (χ3v) is 7.05. The van der Waals surface area contributed by atoms with E-state index in [-0.39, 0.29) is 16.7 Å². The number of fused-ring (bicyclic) bond motifs is 2. The van der Waals surface area contributed by atoms with Crippen LogP contribution in [0.25, 0.3) is 0 Å². The van der Waals surface area contributed by atoms with Gasteiger partial charge in [-0.3, -0.25) is 4.79 Å². The van der Waals surface area contributed by atoms with E-state index in [9.17, 15) is 9.59 Å². The maximum Gasteiger partial charge on any atom is 0.365 e. The lowest BCUT2D eigenvalue weighted by Crippen LogP contribution is -2.44. The van der Waals surface area contributed by atoms with Gasteiger partial charge in [0.05, 0.1) is 16.7 Å². The van der Waals surface area contributed by atoms with Crippen LogP contribution in [0.5, 0.6) is 0 Å². The minimum atomic E-state index is -0.607. The summed E-state index contributed by atoms with van der Waals surface area (Å²) in [5.74, 6) is -0.798. The Hall–Kier alpha value is -1.69. The molecular weight excluding hydrogens is 372 g/mol. The van der Waals surface area contributed by atoms with Gasteiger partial charge in [0.2, 0.25) is 5.91 Å². The molecule has 2 bridgehead atoms. The van der Waals surface area contributed by atoms with E-state index >= 15 is 0 Å². The predicted octanol–water partition coefficient (Wildman–Crippen LogP) is 3.66. The molecule has 0 spiro atoms. The average molecular weight is 393 g/mol. The van der Waals surface area contributed by atoms with Crippen molar-refractivity contribution in [2.75, 3.05) is 0 Å². The van der Waals surface area contributed by atoms with Crippen molar-refractivity contribution in [2.45, 2.75) is 40.0 Å². The number of amides is 1. The van der Waals surface area contributed by atoms with Crippen molar-refractivity contribution in [1.29, 1.82) is 0 Å². The van der Waals surface area contributed by atoms with Gasteiger partial charge in [-0.2, -0.15) is 0 Å². The lowest BCUT2D eigenvalue weighted by atomic mass is 9.64. The second-order valence-corrected chi connectivity index (χ2v) is 8.42. The number of halogens is 1. The van der Waals surface area contributed by atoms with Gasteiger partial charge < -0.3 is 10.6 Å². The van der Waals surface area contributed by atoms with Crippen LogP contribution in [0.4, 0.5) is 0 Å². The molecule has 0 aromatic heterocycles. The number of nitrogens with zero attached hydrogens (tertiary/aromatic N) is 1. The molecule has 1 amide bonds. The molecule has 2 unspecified atom stereocenters. The van der Waals surface area contributed by atoms with Gasteiger partial charge in [-0.1, -0.05) is 41.9 Å². The van der Waals surface area contributed by atoms with E-state index in [2.05, 4.69) is 41.9 Å². The van der Waals surface area contributed by atoms with Crippen molar-refractivity contribution in [2.24, 2.45) is 27.1 Å². The number of carbonyl (C=O) groups excluding carboxylic acids is 2. The van der Waals surface area contributed by atoms with Crippen molar-refractivity contribution in [1.82, 2.24) is 0 Å². The minimum Gasteiger partial charge on any atom is -0.369 e. The van der Waals surface area contributed by atoms with Crippen LogP contribution in [0.3, 0.4) is 0 Å². The van der Waals surface area contributed by atoms with Crippen molar-refractivity contribution >= 4 is 33.5 Å². The standard InChI is InChI=1S/C18H21BrN2O3/c1-16(2)17(3)8-9-18(16,15(20)23)10-13(17)21-24-14(22)11-4-6-12(19)7-5-11/h4-7H,8-10H2,1-3H3,(H2,20,23)/b21-13-. The molecule has 2 fully saturated rings. The molecule has 2 saturated carbocycles. The molecule has 5 nitrogen and oxygen atoms in total. The molecule has 2 atom stereocenters. The Morgan fingerprint density at radius 3 is 2.33 bits per heavy atom. The molecule has 6 heteroatoms. The monoisotopic (exact) mass is 392 g/mol. The third kappa shape index (κ3) is 2.15. The number of benzene rings is 1. The largest absolute Gasteiger partial charge is 0.369 e. The summed E-state index contributed by atoms with van der Waals surface area (Å²) in [5.41, 5.74) is 5.70. The molecule has 2 aliphatic rings. The fourth-order valence-corrected chi connectivity index (χ4v) is 4.56. The Bertz CT molecular complexity index is 741. The van der Waals surface area contributed by atoms with E-state index in [1.807, 2.05) is 0 Å². The fraction of sp³-hybridized carbons (Fsp3) is 0.500. The minimum absolute atomic E-state index is 0.290. The fourth-order valence-electron chi connectivity index (χ4n) is 4.30. The van der Waals surface area contributed by atoms with Crippen molar-refractivity contribution in [3.8, 4) is 0 Å². The number of carbonyl (C=O) groups is 2. The summed E-state index contributed by atoms with van der Waals surface area (Å²) in [6.45, 7) is 6.20. The van der Waals surface area contributed by atoms with Gasteiger partial charge in [-0.15, -0.1) is 0 Å². The zero-order valence-electron chi connectivity index (χ0n) is 14.1. The van der Waals surface area contributed by atoms with E-state index in [1.54, 1.807) is 24.3 Å². The van der Waals surface area contributed by atoms with Crippen LogP contribution < -0.4 is 5.73 Å². The topological polar surface area (TPSA) is 81.8 Å². The second kappa shape index (κ2) is 5.41. The maximum absolute atomic E-state index is 12.2. The molecule has 2 N–H and O–H groups in total. The molecule has 0 saturated heterocycles. The van der Waals surface area contributed by atoms with Gasteiger partial charge in [-0.25, -0.2) is 4.79 Å². The van der Waals surface area contributed by atoms with Crippen LogP contribution in [0.1, 0.15) is 50.4 Å². The molecule has 3 rings (SSSR count). The van der Waals surface area contributed by atoms with Gasteiger partial charge in [0.15, 0.2) is 0 Å². The molecule has 0 radical (unpaired) electrons. The lowest BCUT2D eigenvalue weighted by Gasteiger charge is -2.38. The van der Waals surface area contributed by atoms with Crippen LogP contribution in [0.15, 0.2) is 33.9 Å². The smallest absolute Gasteiger partial charge is 0.365 e. The number of oxime groups is 1. The first-order chi connectivity index (χ1) is 11.1. The van der Waals surface area contributed by atoms with E-state index in [1.165, 1.54) is 0 Å². The number of rotatable bonds is 3. The van der Waals surface area contributed by atoms with Gasteiger partial charge in [-0.05, 0) is 42.5 Å². The highest BCUT2D eigenvalue weighted by Gasteiger charge is 2.71. The van der Waals surface area contributed by atoms with Crippen LogP contribution in [0.2, 0.25) is 0 Å². The summed E-state index contributed by atoms with van der Waals surface area (Å²) in [4.78, 5) is 29.5. The first-order valence-corrected chi connectivity index (χ1v) is 8.77. The first-order valence-electron chi connectivity index (χ1n) is 7.98. The number of hydrogen-bond acceptors (Lipinski definition) is 4. The molecule has 2 aliphatic carbocycles.